The number of likely N-dealkylation sites (tertiary alicyclic amines) is 1. The minimum atomic E-state index is -4.26. The first kappa shape index (κ1) is 33.1. The van der Waals surface area contributed by atoms with Crippen LogP contribution in [0.25, 0.3) is 21.1 Å². The number of benzene rings is 1. The highest BCUT2D eigenvalue weighted by atomic mass is 32.1. The second kappa shape index (κ2) is 13.8. The van der Waals surface area contributed by atoms with Crippen LogP contribution < -0.4 is 11.1 Å². The molecule has 5 heterocycles. The van der Waals surface area contributed by atoms with Crippen LogP contribution in [0.4, 0.5) is 19.0 Å². The molecule has 4 aromatic rings. The van der Waals surface area contributed by atoms with Crippen LogP contribution in [0.3, 0.4) is 0 Å². The molecule has 250 valence electrons. The molecule has 2 aliphatic heterocycles. The maximum absolute atomic E-state index is 13.0. The van der Waals surface area contributed by atoms with Gasteiger partial charge >= 0.3 is 6.18 Å². The molecule has 10 nitrogen and oxygen atoms in total. The number of amides is 1. The number of nitrogens with zero attached hydrogens (tertiary/aromatic N) is 7. The average molecular weight is 668 g/mol. The van der Waals surface area contributed by atoms with Gasteiger partial charge in [0.25, 0.3) is 0 Å². The Morgan fingerprint density at radius 1 is 1.02 bits per heavy atom. The van der Waals surface area contributed by atoms with E-state index >= 15 is 0 Å². The molecule has 0 radical (unpaired) electrons. The molecule has 0 saturated carbocycles. The second-order valence-corrected chi connectivity index (χ2v) is 13.8. The number of primary amides is 1. The second-order valence-electron chi connectivity index (χ2n) is 12.7. The van der Waals surface area contributed by atoms with Crippen molar-refractivity contribution in [1.82, 2.24) is 29.2 Å². The number of fused-ring (bicyclic) bond motifs is 2. The normalized spacial score (nSPS) is 17.4. The molecule has 2 aliphatic rings. The zero-order valence-electron chi connectivity index (χ0n) is 26.7. The lowest BCUT2D eigenvalue weighted by molar-refractivity contribution is -0.126. The molecule has 2 saturated heterocycles. The number of nitrogens with one attached hydrogen (secondary N) is 1. The topological polar surface area (TPSA) is 119 Å². The van der Waals surface area contributed by atoms with Gasteiger partial charge in [-0.25, -0.2) is 9.97 Å². The van der Waals surface area contributed by atoms with Gasteiger partial charge < -0.3 is 15.6 Å². The molecule has 14 heteroatoms. The maximum Gasteiger partial charge on any atom is 0.393 e. The number of piperazine rings is 1. The third kappa shape index (κ3) is 7.86. The monoisotopic (exact) mass is 667 g/mol. The van der Waals surface area contributed by atoms with Crippen LogP contribution in [-0.4, -0.2) is 99.7 Å². The first-order chi connectivity index (χ1) is 22.5. The summed E-state index contributed by atoms with van der Waals surface area (Å²) in [7, 11) is 0. The highest BCUT2D eigenvalue weighted by Gasteiger charge is 2.29. The summed E-state index contributed by atoms with van der Waals surface area (Å²) >= 11 is 1.08. The lowest BCUT2D eigenvalue weighted by Crippen LogP contribution is -2.49. The molecule has 6 rings (SSSR count). The van der Waals surface area contributed by atoms with Crippen molar-refractivity contribution in [2.24, 2.45) is 5.73 Å². The number of hydrogen-bond donors (Lipinski definition) is 2. The fourth-order valence-corrected chi connectivity index (χ4v) is 7.91. The van der Waals surface area contributed by atoms with Crippen molar-refractivity contribution >= 4 is 44.2 Å². The van der Waals surface area contributed by atoms with E-state index in [0.29, 0.717) is 40.6 Å². The maximum atomic E-state index is 13.0. The van der Waals surface area contributed by atoms with Crippen molar-refractivity contribution in [3.05, 3.63) is 51.8 Å². The fourth-order valence-electron chi connectivity index (χ4n) is 6.80. The van der Waals surface area contributed by atoms with Crippen LogP contribution in [0.5, 0.6) is 0 Å². The Kier molecular flexibility index (Phi) is 9.70. The summed E-state index contributed by atoms with van der Waals surface area (Å²) < 4.78 is 41.1. The van der Waals surface area contributed by atoms with Crippen LogP contribution in [0, 0.1) is 25.2 Å². The number of nitrogens with two attached hydrogens (primary N) is 1. The molecule has 0 bridgehead atoms. The molecule has 1 aromatic carbocycles. The van der Waals surface area contributed by atoms with E-state index < -0.39 is 12.6 Å². The summed E-state index contributed by atoms with van der Waals surface area (Å²) in [6.45, 7) is 11.6. The molecule has 0 unspecified atom stereocenters. The first-order valence-electron chi connectivity index (χ1n) is 16.0. The molecule has 3 N–H and O–H groups in total. The van der Waals surface area contributed by atoms with Crippen molar-refractivity contribution in [3.8, 4) is 6.07 Å². The van der Waals surface area contributed by atoms with E-state index in [1.54, 1.807) is 13.0 Å². The SMILES string of the molecule is Cc1nc(NC2CCN(Cc3ccc4c(cc(C#N)n4CCN4CCN(CC(N)=O)CC4)c3C)CC2)c2cc(CC(F)(F)F)sc2n1. The van der Waals surface area contributed by atoms with Crippen molar-refractivity contribution in [1.29, 1.82) is 5.26 Å². The number of piperidine rings is 1. The summed E-state index contributed by atoms with van der Waals surface area (Å²) in [4.78, 5) is 27.9. The van der Waals surface area contributed by atoms with Gasteiger partial charge in [0.05, 0.1) is 18.4 Å². The van der Waals surface area contributed by atoms with E-state index in [0.717, 1.165) is 87.4 Å². The van der Waals surface area contributed by atoms with Gasteiger partial charge in [-0.05, 0) is 56.0 Å². The lowest BCUT2D eigenvalue weighted by Gasteiger charge is -2.34. The van der Waals surface area contributed by atoms with Gasteiger partial charge in [0.2, 0.25) is 5.91 Å². The summed E-state index contributed by atoms with van der Waals surface area (Å²) in [6.07, 6.45) is -3.45. The lowest BCUT2D eigenvalue weighted by atomic mass is 10.0. The highest BCUT2D eigenvalue weighted by molar-refractivity contribution is 7.18. The van der Waals surface area contributed by atoms with E-state index in [2.05, 4.69) is 59.7 Å². The number of aromatic nitrogens is 3. The number of hydrogen-bond acceptors (Lipinski definition) is 9. The van der Waals surface area contributed by atoms with Crippen molar-refractivity contribution in [3.63, 3.8) is 0 Å². The zero-order valence-corrected chi connectivity index (χ0v) is 27.6. The van der Waals surface area contributed by atoms with Crippen molar-refractivity contribution in [2.45, 2.75) is 58.4 Å². The van der Waals surface area contributed by atoms with Crippen LogP contribution >= 0.6 is 11.3 Å². The highest BCUT2D eigenvalue weighted by Crippen LogP contribution is 2.34. The summed E-state index contributed by atoms with van der Waals surface area (Å²) in [5.74, 6) is 0.851. The van der Waals surface area contributed by atoms with Gasteiger partial charge in [0.1, 0.15) is 28.2 Å². The molecule has 0 aliphatic carbocycles. The molecular weight excluding hydrogens is 627 g/mol. The van der Waals surface area contributed by atoms with Crippen LogP contribution in [-0.2, 0) is 24.3 Å². The molecule has 3 aromatic heterocycles. The zero-order chi connectivity index (χ0) is 33.3. The average Bonchev–Trinajstić information content (AvgIpc) is 3.58. The Bertz CT molecular complexity index is 1790. The first-order valence-corrected chi connectivity index (χ1v) is 16.8. The number of alkyl halides is 3. The quantitative estimate of drug-likeness (QED) is 0.255. The Morgan fingerprint density at radius 3 is 2.43 bits per heavy atom. The molecule has 0 spiro atoms. The third-order valence-electron chi connectivity index (χ3n) is 9.32. The minimum Gasteiger partial charge on any atom is -0.369 e. The molecule has 47 heavy (non-hydrogen) atoms. The number of nitriles is 1. The smallest absolute Gasteiger partial charge is 0.369 e. The third-order valence-corrected chi connectivity index (χ3v) is 10.3. The van der Waals surface area contributed by atoms with Gasteiger partial charge in [-0.1, -0.05) is 6.07 Å². The summed E-state index contributed by atoms with van der Waals surface area (Å²) in [6, 6.07) is 10.4. The van der Waals surface area contributed by atoms with E-state index in [9.17, 15) is 23.2 Å². The predicted octanol–water partition coefficient (Wildman–Crippen LogP) is 4.42. The van der Waals surface area contributed by atoms with E-state index in [4.69, 9.17) is 5.73 Å². The largest absolute Gasteiger partial charge is 0.393 e. The minimum absolute atomic E-state index is 0.164. The number of thiophene rings is 1. The van der Waals surface area contributed by atoms with Gasteiger partial charge in [0.15, 0.2) is 0 Å². The molecule has 1 amide bonds. The van der Waals surface area contributed by atoms with E-state index in [-0.39, 0.29) is 16.8 Å². The Hall–Kier alpha value is -3.77. The number of carbonyl (C=O) groups is 1. The molecule has 2 fully saturated rings. The van der Waals surface area contributed by atoms with Crippen LogP contribution in [0.15, 0.2) is 24.3 Å². The number of rotatable bonds is 10. The van der Waals surface area contributed by atoms with Crippen LogP contribution in [0.1, 0.15) is 40.4 Å². The van der Waals surface area contributed by atoms with Gasteiger partial charge in [-0.15, -0.1) is 11.3 Å². The fraction of sp³-hybridized carbons (Fsp3) is 0.515. The summed E-state index contributed by atoms with van der Waals surface area (Å²) in [5, 5.41) is 15.2. The Balaban J connectivity index is 1.07. The van der Waals surface area contributed by atoms with Crippen molar-refractivity contribution in [2.75, 3.05) is 57.7 Å². The number of carbonyl (C=O) groups excluding carboxylic acids is 1. The van der Waals surface area contributed by atoms with Crippen LogP contribution in [0.2, 0.25) is 0 Å². The Morgan fingerprint density at radius 2 is 1.74 bits per heavy atom. The number of halogens is 3. The van der Waals surface area contributed by atoms with E-state index in [1.165, 1.54) is 11.1 Å². The summed E-state index contributed by atoms with van der Waals surface area (Å²) in [5.41, 5.74) is 9.49. The number of anilines is 1. The number of aryl methyl sites for hydroxylation is 2. The van der Waals surface area contributed by atoms with E-state index in [1.807, 2.05) is 6.07 Å². The molecule has 0 atom stereocenters. The standard InChI is InChI=1S/C33H40F3N9OS/c1-21-23(3-4-29-27(21)15-25(18-37)45(29)14-13-42-9-11-44(12-10-42)20-30(38)46)19-43-7-5-24(6-8-43)41-31-28-16-26(17-33(34,35)36)47-32(28)40-22(2)39-31/h3-4,15-16,24H,5-14,17,19-20H2,1-2H3,(H2,38,46)(H,39,40,41). The van der Waals surface area contributed by atoms with Crippen molar-refractivity contribution < 1.29 is 18.0 Å². The predicted molar refractivity (Wildman–Crippen MR) is 177 cm³/mol. The Labute approximate surface area is 275 Å². The van der Waals surface area contributed by atoms with Gasteiger partial charge in [-0.3, -0.25) is 19.5 Å². The van der Waals surface area contributed by atoms with Gasteiger partial charge in [-0.2, -0.15) is 18.4 Å². The van der Waals surface area contributed by atoms with Gasteiger partial charge in [0, 0.05) is 80.7 Å². The molecular formula is C33H40F3N9OS.